The zero-order valence-corrected chi connectivity index (χ0v) is 12.5. The van der Waals surface area contributed by atoms with Gasteiger partial charge in [-0.3, -0.25) is 0 Å². The summed E-state index contributed by atoms with van der Waals surface area (Å²) in [5.74, 6) is 1.49. The van der Waals surface area contributed by atoms with E-state index < -0.39 is 0 Å². The Balaban J connectivity index is 1.96. The third kappa shape index (κ3) is 4.72. The Morgan fingerprint density at radius 1 is 1.05 bits per heavy atom. The Kier molecular flexibility index (Phi) is 5.51. The van der Waals surface area contributed by atoms with Crippen molar-refractivity contribution in [1.29, 1.82) is 0 Å². The Bertz CT molecular complexity index is 540. The molecule has 0 saturated heterocycles. The van der Waals surface area contributed by atoms with E-state index in [1.165, 1.54) is 0 Å². The van der Waals surface area contributed by atoms with E-state index in [1.807, 2.05) is 31.2 Å². The molecular weight excluding hydrogens is 266 g/mol. The number of benzene rings is 1. The number of nitrogens with two attached hydrogens (primary N) is 1. The molecule has 5 nitrogen and oxygen atoms in total. The Hall–Kier alpha value is -2.14. The van der Waals surface area contributed by atoms with Gasteiger partial charge in [-0.2, -0.15) is 0 Å². The summed E-state index contributed by atoms with van der Waals surface area (Å²) in [7, 11) is 0. The first kappa shape index (κ1) is 15.3. The molecule has 1 aromatic carbocycles. The first-order valence-corrected chi connectivity index (χ1v) is 7.18. The molecule has 0 aliphatic rings. The van der Waals surface area contributed by atoms with Crippen LogP contribution in [0.2, 0.25) is 0 Å². The Morgan fingerprint density at radius 2 is 1.67 bits per heavy atom. The molecule has 0 saturated carbocycles. The summed E-state index contributed by atoms with van der Waals surface area (Å²) >= 11 is 0. The highest BCUT2D eigenvalue weighted by Gasteiger charge is 2.05. The second kappa shape index (κ2) is 7.59. The van der Waals surface area contributed by atoms with Gasteiger partial charge in [-0.05, 0) is 49.6 Å². The molecule has 0 bridgehead atoms. The van der Waals surface area contributed by atoms with Gasteiger partial charge in [-0.1, -0.05) is 6.92 Å². The lowest BCUT2D eigenvalue weighted by Gasteiger charge is -2.09. The third-order valence-electron chi connectivity index (χ3n) is 3.05. The molecule has 2 N–H and O–H groups in total. The van der Waals surface area contributed by atoms with Crippen LogP contribution in [-0.4, -0.2) is 22.6 Å². The normalized spacial score (nSPS) is 12.0. The predicted molar refractivity (Wildman–Crippen MR) is 81.7 cm³/mol. The van der Waals surface area contributed by atoms with Gasteiger partial charge in [0.05, 0.1) is 6.61 Å². The fourth-order valence-corrected chi connectivity index (χ4v) is 1.82. The van der Waals surface area contributed by atoms with Crippen LogP contribution in [0.1, 0.15) is 25.8 Å². The molecule has 0 amide bonds. The lowest BCUT2D eigenvalue weighted by atomic mass is 10.1. The maximum absolute atomic E-state index is 5.91. The van der Waals surface area contributed by atoms with E-state index in [-0.39, 0.29) is 6.04 Å². The minimum absolute atomic E-state index is 0.145. The highest BCUT2D eigenvalue weighted by molar-refractivity contribution is 5.32. The zero-order valence-electron chi connectivity index (χ0n) is 12.5. The number of aromatic nitrogens is 2. The van der Waals surface area contributed by atoms with E-state index in [1.54, 1.807) is 12.4 Å². The first-order valence-electron chi connectivity index (χ1n) is 7.18. The summed E-state index contributed by atoms with van der Waals surface area (Å²) in [5.41, 5.74) is 6.92. The van der Waals surface area contributed by atoms with Gasteiger partial charge >= 0.3 is 6.01 Å². The van der Waals surface area contributed by atoms with Crippen LogP contribution in [0, 0.1) is 0 Å². The average Bonchev–Trinajstić information content (AvgIpc) is 2.51. The van der Waals surface area contributed by atoms with Gasteiger partial charge in [-0.25, -0.2) is 9.97 Å². The standard InChI is InChI=1S/C16H21N3O2/c1-3-13(17)9-12-10-18-16(19-11-12)21-15-7-5-14(6-8-15)20-4-2/h5-8,10-11,13H,3-4,9,17H2,1-2H3. The lowest BCUT2D eigenvalue weighted by molar-refractivity contribution is 0.339. The molecule has 0 fully saturated rings. The third-order valence-corrected chi connectivity index (χ3v) is 3.05. The van der Waals surface area contributed by atoms with Gasteiger partial charge in [0.25, 0.3) is 0 Å². The molecule has 5 heteroatoms. The van der Waals surface area contributed by atoms with E-state index in [2.05, 4.69) is 16.9 Å². The van der Waals surface area contributed by atoms with E-state index in [9.17, 15) is 0 Å². The van der Waals surface area contributed by atoms with Crippen LogP contribution in [-0.2, 0) is 6.42 Å². The van der Waals surface area contributed by atoms with Gasteiger partial charge in [0.1, 0.15) is 11.5 Å². The Labute approximate surface area is 125 Å². The maximum atomic E-state index is 5.91. The summed E-state index contributed by atoms with van der Waals surface area (Å²) < 4.78 is 11.0. The Morgan fingerprint density at radius 3 is 2.24 bits per heavy atom. The van der Waals surface area contributed by atoms with Crippen molar-refractivity contribution in [1.82, 2.24) is 9.97 Å². The van der Waals surface area contributed by atoms with E-state index >= 15 is 0 Å². The van der Waals surface area contributed by atoms with Crippen molar-refractivity contribution in [3.05, 3.63) is 42.2 Å². The number of nitrogens with zero attached hydrogens (tertiary/aromatic N) is 2. The van der Waals surface area contributed by atoms with Crippen LogP contribution in [0.25, 0.3) is 0 Å². The van der Waals surface area contributed by atoms with Crippen molar-refractivity contribution in [3.8, 4) is 17.5 Å². The van der Waals surface area contributed by atoms with Gasteiger partial charge in [0, 0.05) is 18.4 Å². The fourth-order valence-electron chi connectivity index (χ4n) is 1.82. The van der Waals surface area contributed by atoms with E-state index in [4.69, 9.17) is 15.2 Å². The maximum Gasteiger partial charge on any atom is 0.321 e. The molecule has 1 unspecified atom stereocenters. The molecule has 112 valence electrons. The van der Waals surface area contributed by atoms with Crippen molar-refractivity contribution < 1.29 is 9.47 Å². The molecular formula is C16H21N3O2. The second-order valence-electron chi connectivity index (χ2n) is 4.75. The van der Waals surface area contributed by atoms with Crippen molar-refractivity contribution >= 4 is 0 Å². The summed E-state index contributed by atoms with van der Waals surface area (Å²) in [6, 6.07) is 7.84. The highest BCUT2D eigenvalue weighted by Crippen LogP contribution is 2.21. The SMILES string of the molecule is CCOc1ccc(Oc2ncc(CC(N)CC)cn2)cc1. The van der Waals surface area contributed by atoms with Crippen molar-refractivity contribution in [2.24, 2.45) is 5.73 Å². The predicted octanol–water partition coefficient (Wildman–Crippen LogP) is 2.95. The van der Waals surface area contributed by atoms with Crippen LogP contribution in [0.15, 0.2) is 36.7 Å². The zero-order chi connectivity index (χ0) is 15.1. The van der Waals surface area contributed by atoms with Crippen LogP contribution in [0.4, 0.5) is 0 Å². The summed E-state index contributed by atoms with van der Waals surface area (Å²) in [6.07, 6.45) is 5.23. The molecule has 21 heavy (non-hydrogen) atoms. The van der Waals surface area contributed by atoms with Crippen LogP contribution < -0.4 is 15.2 Å². The molecule has 2 aromatic rings. The molecule has 0 radical (unpaired) electrons. The topological polar surface area (TPSA) is 70.3 Å². The van der Waals surface area contributed by atoms with Gasteiger partial charge in [-0.15, -0.1) is 0 Å². The first-order chi connectivity index (χ1) is 10.2. The minimum Gasteiger partial charge on any atom is -0.494 e. The van der Waals surface area contributed by atoms with Gasteiger partial charge in [0.2, 0.25) is 0 Å². The van der Waals surface area contributed by atoms with Gasteiger partial charge in [0.15, 0.2) is 0 Å². The minimum atomic E-state index is 0.145. The quantitative estimate of drug-likeness (QED) is 0.847. The van der Waals surface area contributed by atoms with Crippen LogP contribution in [0.3, 0.4) is 0 Å². The van der Waals surface area contributed by atoms with Crippen molar-refractivity contribution in [2.75, 3.05) is 6.61 Å². The smallest absolute Gasteiger partial charge is 0.321 e. The summed E-state index contributed by atoms with van der Waals surface area (Å²) in [4.78, 5) is 8.40. The molecule has 1 atom stereocenters. The second-order valence-corrected chi connectivity index (χ2v) is 4.75. The van der Waals surface area contributed by atoms with Crippen LogP contribution >= 0.6 is 0 Å². The molecule has 1 heterocycles. The van der Waals surface area contributed by atoms with Gasteiger partial charge < -0.3 is 15.2 Å². The largest absolute Gasteiger partial charge is 0.494 e. The van der Waals surface area contributed by atoms with Crippen LogP contribution in [0.5, 0.6) is 17.5 Å². The molecule has 0 spiro atoms. The number of ether oxygens (including phenoxy) is 2. The average molecular weight is 287 g/mol. The lowest BCUT2D eigenvalue weighted by Crippen LogP contribution is -2.21. The summed E-state index contributed by atoms with van der Waals surface area (Å²) in [6.45, 7) is 4.66. The molecule has 2 rings (SSSR count). The highest BCUT2D eigenvalue weighted by atomic mass is 16.5. The van der Waals surface area contributed by atoms with Crippen molar-refractivity contribution in [2.45, 2.75) is 32.7 Å². The molecule has 0 aliphatic carbocycles. The monoisotopic (exact) mass is 287 g/mol. The molecule has 0 aliphatic heterocycles. The fraction of sp³-hybridized carbons (Fsp3) is 0.375. The number of rotatable bonds is 7. The molecule has 1 aromatic heterocycles. The number of hydrogen-bond donors (Lipinski definition) is 1. The number of hydrogen-bond acceptors (Lipinski definition) is 5. The van der Waals surface area contributed by atoms with Crippen molar-refractivity contribution in [3.63, 3.8) is 0 Å². The summed E-state index contributed by atoms with van der Waals surface area (Å²) in [5, 5.41) is 0. The van der Waals surface area contributed by atoms with E-state index in [0.29, 0.717) is 18.4 Å². The van der Waals surface area contributed by atoms with E-state index in [0.717, 1.165) is 24.2 Å².